The van der Waals surface area contributed by atoms with Crippen LogP contribution >= 0.6 is 23.2 Å². The van der Waals surface area contributed by atoms with Gasteiger partial charge in [0, 0.05) is 0 Å². The topological polar surface area (TPSA) is 52.6 Å². The lowest BCUT2D eigenvalue weighted by molar-refractivity contribution is -0.142. The summed E-state index contributed by atoms with van der Waals surface area (Å²) < 4.78 is 9.72. The fourth-order valence-electron chi connectivity index (χ4n) is 1.14. The number of alkyl halides is 2. The second-order valence-electron chi connectivity index (χ2n) is 3.41. The molecule has 0 radical (unpaired) electrons. The third kappa shape index (κ3) is 5.38. The van der Waals surface area contributed by atoms with Crippen LogP contribution in [0.25, 0.3) is 0 Å². The first-order valence-corrected chi connectivity index (χ1v) is 6.23. The lowest BCUT2D eigenvalue weighted by Crippen LogP contribution is -2.06. The van der Waals surface area contributed by atoms with Gasteiger partial charge in [0.1, 0.15) is 25.0 Å². The second kappa shape index (κ2) is 7.95. The number of hydrogen-bond acceptors (Lipinski definition) is 4. The molecule has 18 heavy (non-hydrogen) atoms. The molecular weight excluding hydrogens is 279 g/mol. The van der Waals surface area contributed by atoms with Gasteiger partial charge in [-0.1, -0.05) is 24.3 Å². The van der Waals surface area contributed by atoms with E-state index in [-0.39, 0.29) is 25.0 Å². The summed E-state index contributed by atoms with van der Waals surface area (Å²) in [5.74, 6) is -1.24. The summed E-state index contributed by atoms with van der Waals surface area (Å²) in [4.78, 5) is 21.7. The SMILES string of the molecule is O=C(CCl)OCc1ccc(COC(=O)CCl)cc1. The predicted molar refractivity (Wildman–Crippen MR) is 67.5 cm³/mol. The second-order valence-corrected chi connectivity index (χ2v) is 3.94. The molecule has 0 aromatic heterocycles. The Bertz CT molecular complexity index is 364. The zero-order valence-electron chi connectivity index (χ0n) is 9.53. The number of ether oxygens (including phenoxy) is 2. The van der Waals surface area contributed by atoms with Crippen molar-refractivity contribution < 1.29 is 19.1 Å². The van der Waals surface area contributed by atoms with E-state index in [1.165, 1.54) is 0 Å². The summed E-state index contributed by atoms with van der Waals surface area (Å²) in [7, 11) is 0. The standard InChI is InChI=1S/C12H12Cl2O4/c13-5-11(15)17-7-9-1-2-10(4-3-9)8-18-12(16)6-14/h1-4H,5-8H2. The van der Waals surface area contributed by atoms with Gasteiger partial charge in [0.05, 0.1) is 0 Å². The van der Waals surface area contributed by atoms with Crippen LogP contribution in [0.2, 0.25) is 0 Å². The van der Waals surface area contributed by atoms with E-state index in [4.69, 9.17) is 32.7 Å². The largest absolute Gasteiger partial charge is 0.460 e. The van der Waals surface area contributed by atoms with Gasteiger partial charge in [-0.15, -0.1) is 23.2 Å². The molecule has 1 aromatic carbocycles. The molecule has 0 unspecified atom stereocenters. The Morgan fingerprint density at radius 3 is 1.44 bits per heavy atom. The molecule has 0 aliphatic heterocycles. The highest BCUT2D eigenvalue weighted by atomic mass is 35.5. The molecule has 0 aliphatic carbocycles. The van der Waals surface area contributed by atoms with Gasteiger partial charge in [-0.05, 0) is 11.1 Å². The molecular formula is C12H12Cl2O4. The monoisotopic (exact) mass is 290 g/mol. The van der Waals surface area contributed by atoms with Crippen molar-refractivity contribution in [3.05, 3.63) is 35.4 Å². The van der Waals surface area contributed by atoms with Crippen molar-refractivity contribution >= 4 is 35.1 Å². The maximum atomic E-state index is 10.8. The number of hydrogen-bond donors (Lipinski definition) is 0. The van der Waals surface area contributed by atoms with Crippen molar-refractivity contribution in [1.82, 2.24) is 0 Å². The highest BCUT2D eigenvalue weighted by molar-refractivity contribution is 6.26. The van der Waals surface area contributed by atoms with Gasteiger partial charge in [-0.2, -0.15) is 0 Å². The van der Waals surface area contributed by atoms with E-state index in [0.717, 1.165) is 11.1 Å². The first-order chi connectivity index (χ1) is 8.65. The molecule has 0 N–H and O–H groups in total. The smallest absolute Gasteiger partial charge is 0.321 e. The first kappa shape index (κ1) is 14.8. The summed E-state index contributed by atoms with van der Waals surface area (Å²) in [6, 6.07) is 7.13. The van der Waals surface area contributed by atoms with Crippen LogP contribution in [-0.2, 0) is 32.3 Å². The zero-order valence-corrected chi connectivity index (χ0v) is 11.0. The lowest BCUT2D eigenvalue weighted by Gasteiger charge is -2.05. The average Bonchev–Trinajstić information content (AvgIpc) is 2.43. The molecule has 98 valence electrons. The van der Waals surface area contributed by atoms with Crippen LogP contribution in [0.5, 0.6) is 0 Å². The van der Waals surface area contributed by atoms with Crippen LogP contribution in [0.15, 0.2) is 24.3 Å². The van der Waals surface area contributed by atoms with Crippen molar-refractivity contribution in [3.63, 3.8) is 0 Å². The quantitative estimate of drug-likeness (QED) is 0.596. The van der Waals surface area contributed by atoms with E-state index in [0.29, 0.717) is 0 Å². The van der Waals surface area contributed by atoms with Crippen molar-refractivity contribution in [2.45, 2.75) is 13.2 Å². The van der Waals surface area contributed by atoms with Crippen LogP contribution < -0.4 is 0 Å². The number of carbonyl (C=O) groups is 2. The van der Waals surface area contributed by atoms with E-state index < -0.39 is 11.9 Å². The van der Waals surface area contributed by atoms with E-state index in [1.807, 2.05) is 0 Å². The molecule has 0 atom stereocenters. The normalized spacial score (nSPS) is 9.89. The summed E-state index contributed by atoms with van der Waals surface area (Å²) >= 11 is 10.6. The molecule has 0 saturated carbocycles. The Balaban J connectivity index is 2.42. The number of rotatable bonds is 6. The van der Waals surface area contributed by atoms with Gasteiger partial charge >= 0.3 is 11.9 Å². The maximum absolute atomic E-state index is 10.8. The Morgan fingerprint density at radius 1 is 0.833 bits per heavy atom. The minimum absolute atomic E-state index is 0.160. The number of halogens is 2. The summed E-state index contributed by atoms with van der Waals surface area (Å²) in [6.45, 7) is 0.348. The molecule has 0 spiro atoms. The molecule has 1 rings (SSSR count). The average molecular weight is 291 g/mol. The van der Waals surface area contributed by atoms with Gasteiger partial charge in [-0.3, -0.25) is 9.59 Å². The van der Waals surface area contributed by atoms with Gasteiger partial charge in [0.25, 0.3) is 0 Å². The van der Waals surface area contributed by atoms with Crippen molar-refractivity contribution in [3.8, 4) is 0 Å². The summed E-state index contributed by atoms with van der Waals surface area (Å²) in [6.07, 6.45) is 0. The van der Waals surface area contributed by atoms with Crippen molar-refractivity contribution in [2.24, 2.45) is 0 Å². The maximum Gasteiger partial charge on any atom is 0.321 e. The fraction of sp³-hybridized carbons (Fsp3) is 0.333. The van der Waals surface area contributed by atoms with Crippen LogP contribution in [0.1, 0.15) is 11.1 Å². The van der Waals surface area contributed by atoms with Gasteiger partial charge in [0.2, 0.25) is 0 Å². The van der Waals surface area contributed by atoms with Gasteiger partial charge in [-0.25, -0.2) is 0 Å². The van der Waals surface area contributed by atoms with Crippen molar-refractivity contribution in [1.29, 1.82) is 0 Å². The van der Waals surface area contributed by atoms with Gasteiger partial charge < -0.3 is 9.47 Å². The molecule has 0 heterocycles. The highest BCUT2D eigenvalue weighted by Crippen LogP contribution is 2.07. The van der Waals surface area contributed by atoms with E-state index in [1.54, 1.807) is 24.3 Å². The van der Waals surface area contributed by atoms with Crippen LogP contribution in [0.3, 0.4) is 0 Å². The minimum Gasteiger partial charge on any atom is -0.460 e. The zero-order chi connectivity index (χ0) is 13.4. The van der Waals surface area contributed by atoms with E-state index in [2.05, 4.69) is 0 Å². The highest BCUT2D eigenvalue weighted by Gasteiger charge is 2.03. The van der Waals surface area contributed by atoms with E-state index in [9.17, 15) is 9.59 Å². The molecule has 0 bridgehead atoms. The Hall–Kier alpha value is -1.26. The number of carbonyl (C=O) groups excluding carboxylic acids is 2. The Labute approximate surface area is 115 Å². The summed E-state index contributed by atoms with van der Waals surface area (Å²) in [5, 5.41) is 0. The third-order valence-electron chi connectivity index (χ3n) is 2.04. The Kier molecular flexibility index (Phi) is 6.54. The molecule has 4 nitrogen and oxygen atoms in total. The van der Waals surface area contributed by atoms with Crippen LogP contribution in [0, 0.1) is 0 Å². The van der Waals surface area contributed by atoms with Crippen molar-refractivity contribution in [2.75, 3.05) is 11.8 Å². The molecule has 0 saturated heterocycles. The van der Waals surface area contributed by atoms with Crippen LogP contribution in [-0.4, -0.2) is 23.7 Å². The number of esters is 2. The van der Waals surface area contributed by atoms with Gasteiger partial charge in [0.15, 0.2) is 0 Å². The first-order valence-electron chi connectivity index (χ1n) is 5.16. The fourth-order valence-corrected chi connectivity index (χ4v) is 1.29. The molecule has 6 heteroatoms. The minimum atomic E-state index is -0.461. The molecule has 1 aromatic rings. The Morgan fingerprint density at radius 2 is 1.17 bits per heavy atom. The molecule has 0 aliphatic rings. The lowest BCUT2D eigenvalue weighted by atomic mass is 10.1. The number of benzene rings is 1. The molecule has 0 fully saturated rings. The van der Waals surface area contributed by atoms with E-state index >= 15 is 0 Å². The third-order valence-corrected chi connectivity index (χ3v) is 2.48. The predicted octanol–water partition coefficient (Wildman–Crippen LogP) is 2.25. The van der Waals surface area contributed by atoms with Crippen LogP contribution in [0.4, 0.5) is 0 Å². The summed E-state index contributed by atoms with van der Waals surface area (Å²) in [5.41, 5.74) is 1.67. The molecule has 0 amide bonds.